The van der Waals surface area contributed by atoms with Crippen molar-refractivity contribution in [1.29, 1.82) is 0 Å². The molecule has 3 aromatic rings. The molecular formula is C30H34Cl3N5O2. The van der Waals surface area contributed by atoms with Crippen LogP contribution in [0.3, 0.4) is 0 Å². The molecule has 40 heavy (non-hydrogen) atoms. The number of nitrogens with one attached hydrogen (secondary N) is 3. The van der Waals surface area contributed by atoms with E-state index < -0.39 is 0 Å². The first-order valence-corrected chi connectivity index (χ1v) is 14.5. The van der Waals surface area contributed by atoms with Gasteiger partial charge in [0.1, 0.15) is 0 Å². The van der Waals surface area contributed by atoms with Gasteiger partial charge in [-0.2, -0.15) is 0 Å². The summed E-state index contributed by atoms with van der Waals surface area (Å²) >= 11 is 18.5. The second kappa shape index (κ2) is 14.0. The average Bonchev–Trinajstić information content (AvgIpc) is 3.16. The van der Waals surface area contributed by atoms with Crippen molar-refractivity contribution in [2.75, 3.05) is 42.9 Å². The van der Waals surface area contributed by atoms with Gasteiger partial charge < -0.3 is 25.8 Å². The van der Waals surface area contributed by atoms with Crippen LogP contribution in [-0.2, 0) is 6.42 Å². The predicted molar refractivity (Wildman–Crippen MR) is 166 cm³/mol. The van der Waals surface area contributed by atoms with Gasteiger partial charge in [-0.3, -0.25) is 4.79 Å². The van der Waals surface area contributed by atoms with Crippen LogP contribution in [-0.4, -0.2) is 55.6 Å². The molecule has 212 valence electrons. The van der Waals surface area contributed by atoms with Crippen molar-refractivity contribution in [3.05, 3.63) is 86.9 Å². The van der Waals surface area contributed by atoms with Gasteiger partial charge in [-0.25, -0.2) is 4.79 Å². The summed E-state index contributed by atoms with van der Waals surface area (Å²) in [5, 5.41) is 11.2. The van der Waals surface area contributed by atoms with Crippen molar-refractivity contribution in [1.82, 2.24) is 15.5 Å². The molecule has 10 heteroatoms. The molecule has 0 spiro atoms. The van der Waals surface area contributed by atoms with Gasteiger partial charge in [0, 0.05) is 65.1 Å². The topological polar surface area (TPSA) is 76.7 Å². The standard InChI is InChI=1S/C30H34Cl3N5O2/c1-20(2)35-30(40)38-14-4-13-37(15-16-38)28-10-8-22(17-27(28)36-25-6-3-5-23(31)18-25)29(39)34-12-11-21-7-9-24(32)19-26(21)33/h3,5-10,17-20,36H,4,11-16H2,1-2H3,(H,34,39)(H,35,40). The summed E-state index contributed by atoms with van der Waals surface area (Å²) < 4.78 is 0. The Hall–Kier alpha value is -3.13. The van der Waals surface area contributed by atoms with Crippen LogP contribution in [0.4, 0.5) is 21.9 Å². The molecule has 1 heterocycles. The second-order valence-corrected chi connectivity index (χ2v) is 11.3. The van der Waals surface area contributed by atoms with E-state index in [0.717, 1.165) is 35.6 Å². The third-order valence-electron chi connectivity index (χ3n) is 6.59. The zero-order chi connectivity index (χ0) is 28.6. The van der Waals surface area contributed by atoms with Crippen LogP contribution < -0.4 is 20.9 Å². The molecule has 3 amide bonds. The molecule has 7 nitrogen and oxygen atoms in total. The molecule has 3 N–H and O–H groups in total. The van der Waals surface area contributed by atoms with Crippen molar-refractivity contribution >= 4 is 63.8 Å². The highest BCUT2D eigenvalue weighted by atomic mass is 35.5. The predicted octanol–water partition coefficient (Wildman–Crippen LogP) is 6.99. The molecule has 1 aliphatic rings. The summed E-state index contributed by atoms with van der Waals surface area (Å²) in [4.78, 5) is 29.8. The van der Waals surface area contributed by atoms with Crippen LogP contribution in [0.2, 0.25) is 15.1 Å². The van der Waals surface area contributed by atoms with Crippen LogP contribution >= 0.6 is 34.8 Å². The van der Waals surface area contributed by atoms with Crippen LogP contribution in [0.25, 0.3) is 0 Å². The zero-order valence-corrected chi connectivity index (χ0v) is 24.9. The Morgan fingerprint density at radius 1 is 0.900 bits per heavy atom. The molecule has 4 rings (SSSR count). The first-order valence-electron chi connectivity index (χ1n) is 13.4. The Morgan fingerprint density at radius 2 is 1.70 bits per heavy atom. The number of amides is 3. The third kappa shape index (κ3) is 8.19. The largest absolute Gasteiger partial charge is 0.368 e. The third-order valence-corrected chi connectivity index (χ3v) is 7.42. The fourth-order valence-electron chi connectivity index (χ4n) is 4.61. The monoisotopic (exact) mass is 601 g/mol. The van der Waals surface area contributed by atoms with Gasteiger partial charge in [0.2, 0.25) is 0 Å². The van der Waals surface area contributed by atoms with Crippen LogP contribution in [0, 0.1) is 0 Å². The average molecular weight is 603 g/mol. The summed E-state index contributed by atoms with van der Waals surface area (Å²) in [5.74, 6) is -0.182. The van der Waals surface area contributed by atoms with Gasteiger partial charge >= 0.3 is 6.03 Å². The SMILES string of the molecule is CC(C)NC(=O)N1CCCN(c2ccc(C(=O)NCCc3ccc(Cl)cc3Cl)cc2Nc2cccc(Cl)c2)CC1. The van der Waals surface area contributed by atoms with E-state index in [1.54, 1.807) is 12.1 Å². The van der Waals surface area contributed by atoms with E-state index in [-0.39, 0.29) is 18.0 Å². The van der Waals surface area contributed by atoms with E-state index in [0.29, 0.717) is 53.2 Å². The van der Waals surface area contributed by atoms with Crippen molar-refractivity contribution in [2.45, 2.75) is 32.7 Å². The minimum Gasteiger partial charge on any atom is -0.368 e. The number of urea groups is 1. The number of carbonyl (C=O) groups excluding carboxylic acids is 2. The molecule has 0 atom stereocenters. The smallest absolute Gasteiger partial charge is 0.317 e. The van der Waals surface area contributed by atoms with Gasteiger partial charge in [-0.1, -0.05) is 46.9 Å². The van der Waals surface area contributed by atoms with Gasteiger partial charge in [-0.05, 0) is 80.8 Å². The van der Waals surface area contributed by atoms with Crippen LogP contribution in [0.5, 0.6) is 0 Å². The fraction of sp³-hybridized carbons (Fsp3) is 0.333. The Labute approximate surface area is 250 Å². The second-order valence-electron chi connectivity index (χ2n) is 10.0. The van der Waals surface area contributed by atoms with E-state index in [1.807, 2.05) is 67.3 Å². The molecule has 1 saturated heterocycles. The molecule has 1 aliphatic heterocycles. The summed E-state index contributed by atoms with van der Waals surface area (Å²) in [5.41, 5.74) is 4.01. The van der Waals surface area contributed by atoms with Gasteiger partial charge in [0.05, 0.1) is 11.4 Å². The molecule has 0 unspecified atom stereocenters. The Balaban J connectivity index is 1.51. The van der Waals surface area contributed by atoms with Crippen molar-refractivity contribution in [3.63, 3.8) is 0 Å². The molecule has 0 saturated carbocycles. The summed E-state index contributed by atoms with van der Waals surface area (Å²) in [6.07, 6.45) is 1.42. The Morgan fingerprint density at radius 3 is 2.45 bits per heavy atom. The minimum atomic E-state index is -0.182. The number of hydrogen-bond donors (Lipinski definition) is 3. The Kier molecular flexibility index (Phi) is 10.4. The highest BCUT2D eigenvalue weighted by molar-refractivity contribution is 6.35. The normalized spacial score (nSPS) is 13.7. The van der Waals surface area contributed by atoms with E-state index >= 15 is 0 Å². The number of rotatable bonds is 8. The first kappa shape index (κ1) is 29.8. The first-order chi connectivity index (χ1) is 19.2. The van der Waals surface area contributed by atoms with Crippen molar-refractivity contribution < 1.29 is 9.59 Å². The number of hydrogen-bond acceptors (Lipinski definition) is 4. The summed E-state index contributed by atoms with van der Waals surface area (Å²) in [7, 11) is 0. The number of halogens is 3. The van der Waals surface area contributed by atoms with E-state index in [9.17, 15) is 9.59 Å². The lowest BCUT2D eigenvalue weighted by molar-refractivity contribution is 0.0954. The highest BCUT2D eigenvalue weighted by Gasteiger charge is 2.22. The lowest BCUT2D eigenvalue weighted by atomic mass is 10.1. The lowest BCUT2D eigenvalue weighted by Crippen LogP contribution is -2.44. The molecule has 1 fully saturated rings. The fourth-order valence-corrected chi connectivity index (χ4v) is 5.31. The molecular weight excluding hydrogens is 569 g/mol. The number of nitrogens with zero attached hydrogens (tertiary/aromatic N) is 2. The zero-order valence-electron chi connectivity index (χ0n) is 22.6. The maximum atomic E-state index is 13.1. The Bertz CT molecular complexity index is 1350. The number of anilines is 3. The van der Waals surface area contributed by atoms with E-state index in [1.165, 1.54) is 0 Å². The molecule has 0 bridgehead atoms. The van der Waals surface area contributed by atoms with Crippen molar-refractivity contribution in [3.8, 4) is 0 Å². The van der Waals surface area contributed by atoms with Gasteiger partial charge in [0.15, 0.2) is 0 Å². The highest BCUT2D eigenvalue weighted by Crippen LogP contribution is 2.32. The summed E-state index contributed by atoms with van der Waals surface area (Å²) in [6, 6.07) is 18.5. The van der Waals surface area contributed by atoms with Crippen LogP contribution in [0.15, 0.2) is 60.7 Å². The van der Waals surface area contributed by atoms with Crippen LogP contribution in [0.1, 0.15) is 36.2 Å². The van der Waals surface area contributed by atoms with Gasteiger partial charge in [-0.15, -0.1) is 0 Å². The van der Waals surface area contributed by atoms with E-state index in [2.05, 4.69) is 20.9 Å². The number of carbonyl (C=O) groups is 2. The summed E-state index contributed by atoms with van der Waals surface area (Å²) in [6.45, 7) is 7.08. The number of benzene rings is 3. The lowest BCUT2D eigenvalue weighted by Gasteiger charge is -2.27. The maximum absolute atomic E-state index is 13.1. The molecule has 3 aromatic carbocycles. The molecule has 0 aromatic heterocycles. The maximum Gasteiger partial charge on any atom is 0.317 e. The van der Waals surface area contributed by atoms with E-state index in [4.69, 9.17) is 34.8 Å². The minimum absolute atomic E-state index is 0.0407. The molecule has 0 radical (unpaired) electrons. The van der Waals surface area contributed by atoms with Gasteiger partial charge in [0.25, 0.3) is 5.91 Å². The quantitative estimate of drug-likeness (QED) is 0.260. The van der Waals surface area contributed by atoms with Crippen molar-refractivity contribution in [2.24, 2.45) is 0 Å². The molecule has 0 aliphatic carbocycles.